The number of aryl methyl sites for hydroxylation is 3. The van der Waals surface area contributed by atoms with Crippen molar-refractivity contribution in [2.45, 2.75) is 45.6 Å². The van der Waals surface area contributed by atoms with Gasteiger partial charge in [0.25, 0.3) is 0 Å². The van der Waals surface area contributed by atoms with Crippen molar-refractivity contribution in [2.75, 3.05) is 33.8 Å². The molecule has 0 saturated carbocycles. The number of nitrogens with zero attached hydrogens (tertiary/aromatic N) is 4. The lowest BCUT2D eigenvalue weighted by Crippen LogP contribution is -2.56. The number of para-hydroxylation sites is 1. The molecular weight excluding hydrogens is 368 g/mol. The Labute approximate surface area is 173 Å². The van der Waals surface area contributed by atoms with Crippen LogP contribution in [0.15, 0.2) is 28.7 Å². The van der Waals surface area contributed by atoms with Gasteiger partial charge < -0.3 is 19.0 Å². The van der Waals surface area contributed by atoms with E-state index in [1.807, 2.05) is 29.2 Å². The van der Waals surface area contributed by atoms with E-state index in [4.69, 9.17) is 9.15 Å². The second-order valence-electron chi connectivity index (χ2n) is 8.06. The van der Waals surface area contributed by atoms with Gasteiger partial charge in [-0.05, 0) is 31.0 Å². The van der Waals surface area contributed by atoms with Crippen molar-refractivity contribution >= 4 is 5.91 Å². The smallest absolute Gasteiger partial charge is 0.223 e. The average molecular weight is 401 g/mol. The van der Waals surface area contributed by atoms with Gasteiger partial charge in [-0.25, -0.2) is 0 Å². The molecule has 0 radical (unpaired) electrons. The number of carbonyl (C=O) groups is 1. The fourth-order valence-corrected chi connectivity index (χ4v) is 3.83. The van der Waals surface area contributed by atoms with E-state index in [0.29, 0.717) is 37.0 Å². The lowest BCUT2D eigenvalue weighted by molar-refractivity contribution is -0.137. The van der Waals surface area contributed by atoms with Crippen molar-refractivity contribution in [1.82, 2.24) is 20.0 Å². The highest BCUT2D eigenvalue weighted by atomic mass is 16.5. The molecular formula is C22H32N4O3. The summed E-state index contributed by atoms with van der Waals surface area (Å²) < 4.78 is 11.1. The highest BCUT2D eigenvalue weighted by Crippen LogP contribution is 2.20. The van der Waals surface area contributed by atoms with Gasteiger partial charge in [-0.3, -0.25) is 4.79 Å². The topological polar surface area (TPSA) is 71.7 Å². The Kier molecular flexibility index (Phi) is 7.25. The number of hydrogen-bond acceptors (Lipinski definition) is 6. The van der Waals surface area contributed by atoms with Gasteiger partial charge in [0.1, 0.15) is 5.75 Å². The van der Waals surface area contributed by atoms with Crippen LogP contribution in [0.5, 0.6) is 5.75 Å². The second kappa shape index (κ2) is 9.87. The first-order valence-electron chi connectivity index (χ1n) is 10.4. The number of aromatic nitrogens is 2. The Morgan fingerprint density at radius 1 is 1.17 bits per heavy atom. The summed E-state index contributed by atoms with van der Waals surface area (Å²) in [5.74, 6) is 2.60. The predicted octanol–water partition coefficient (Wildman–Crippen LogP) is 2.59. The molecule has 1 fully saturated rings. The molecule has 1 aliphatic rings. The van der Waals surface area contributed by atoms with Gasteiger partial charge in [0, 0.05) is 44.9 Å². The molecule has 0 spiro atoms. The summed E-state index contributed by atoms with van der Waals surface area (Å²) in [5.41, 5.74) is 1.11. The van der Waals surface area contributed by atoms with Crippen molar-refractivity contribution in [2.24, 2.45) is 5.92 Å². The fourth-order valence-electron chi connectivity index (χ4n) is 3.83. The van der Waals surface area contributed by atoms with E-state index in [0.717, 1.165) is 37.4 Å². The maximum atomic E-state index is 12.8. The Hall–Kier alpha value is -2.41. The van der Waals surface area contributed by atoms with Crippen LogP contribution < -0.4 is 4.74 Å². The minimum absolute atomic E-state index is 0.172. The third-order valence-corrected chi connectivity index (χ3v) is 5.57. The Bertz CT molecular complexity index is 805. The second-order valence-corrected chi connectivity index (χ2v) is 8.06. The predicted molar refractivity (Wildman–Crippen MR) is 111 cm³/mol. The van der Waals surface area contributed by atoms with Crippen molar-refractivity contribution in [3.8, 4) is 5.75 Å². The maximum absolute atomic E-state index is 12.8. The van der Waals surface area contributed by atoms with Crippen molar-refractivity contribution < 1.29 is 13.9 Å². The van der Waals surface area contributed by atoms with E-state index < -0.39 is 0 Å². The molecule has 0 bridgehead atoms. The van der Waals surface area contributed by atoms with Crippen LogP contribution in [0.3, 0.4) is 0 Å². The average Bonchev–Trinajstić information content (AvgIpc) is 3.18. The molecule has 1 aliphatic heterocycles. The molecule has 1 atom stereocenters. The molecule has 2 aromatic rings. The monoisotopic (exact) mass is 400 g/mol. The van der Waals surface area contributed by atoms with Gasteiger partial charge in [-0.1, -0.05) is 32.0 Å². The molecule has 0 unspecified atom stereocenters. The highest BCUT2D eigenvalue weighted by molar-refractivity contribution is 5.76. The maximum Gasteiger partial charge on any atom is 0.223 e. The Morgan fingerprint density at radius 2 is 1.90 bits per heavy atom. The number of ether oxygens (including phenoxy) is 1. The molecule has 29 heavy (non-hydrogen) atoms. The first kappa shape index (κ1) is 21.3. The first-order chi connectivity index (χ1) is 14.0. The van der Waals surface area contributed by atoms with Crippen LogP contribution >= 0.6 is 0 Å². The number of carbonyl (C=O) groups excluding carboxylic acids is 1. The standard InChI is InChI=1S/C22H32N4O3/c1-16(2)18-15-25(3)13-14-26(18)22(27)12-11-21-24-23-20(29-21)10-9-17-7-5-6-8-19(17)28-4/h5-8,16,18H,9-15H2,1-4H3/t18-/m1/s1. The lowest BCUT2D eigenvalue weighted by atomic mass is 9.99. The molecule has 2 heterocycles. The first-order valence-corrected chi connectivity index (χ1v) is 10.4. The molecule has 0 aliphatic carbocycles. The fraction of sp³-hybridized carbons (Fsp3) is 0.591. The number of piperazine rings is 1. The summed E-state index contributed by atoms with van der Waals surface area (Å²) in [4.78, 5) is 17.1. The zero-order chi connectivity index (χ0) is 20.8. The number of benzene rings is 1. The van der Waals surface area contributed by atoms with E-state index >= 15 is 0 Å². The van der Waals surface area contributed by atoms with Gasteiger partial charge in [0.05, 0.1) is 7.11 Å². The molecule has 7 heteroatoms. The molecule has 3 rings (SSSR count). The normalized spacial score (nSPS) is 17.7. The number of likely N-dealkylation sites (N-methyl/N-ethyl adjacent to an activating group) is 1. The van der Waals surface area contributed by atoms with Crippen molar-refractivity contribution in [3.05, 3.63) is 41.6 Å². The largest absolute Gasteiger partial charge is 0.496 e. The molecule has 158 valence electrons. The van der Waals surface area contributed by atoms with Gasteiger partial charge in [0.15, 0.2) is 0 Å². The summed E-state index contributed by atoms with van der Waals surface area (Å²) in [6, 6.07) is 8.19. The number of rotatable bonds is 8. The third-order valence-electron chi connectivity index (χ3n) is 5.57. The zero-order valence-corrected chi connectivity index (χ0v) is 17.9. The summed E-state index contributed by atoms with van der Waals surface area (Å²) in [7, 11) is 3.78. The summed E-state index contributed by atoms with van der Waals surface area (Å²) >= 11 is 0. The van der Waals surface area contributed by atoms with Gasteiger partial charge >= 0.3 is 0 Å². The van der Waals surface area contributed by atoms with Gasteiger partial charge in [0.2, 0.25) is 17.7 Å². The molecule has 7 nitrogen and oxygen atoms in total. The van der Waals surface area contributed by atoms with E-state index in [9.17, 15) is 4.79 Å². The van der Waals surface area contributed by atoms with Crippen LogP contribution in [-0.2, 0) is 24.1 Å². The van der Waals surface area contributed by atoms with Gasteiger partial charge in [-0.2, -0.15) is 0 Å². The highest BCUT2D eigenvalue weighted by Gasteiger charge is 2.30. The van der Waals surface area contributed by atoms with E-state index in [1.54, 1.807) is 7.11 Å². The number of methoxy groups -OCH3 is 1. The van der Waals surface area contributed by atoms with Crippen LogP contribution in [-0.4, -0.2) is 65.7 Å². The van der Waals surface area contributed by atoms with Crippen LogP contribution in [0.25, 0.3) is 0 Å². The zero-order valence-electron chi connectivity index (χ0n) is 17.9. The minimum Gasteiger partial charge on any atom is -0.496 e. The number of amides is 1. The molecule has 1 aromatic carbocycles. The van der Waals surface area contributed by atoms with E-state index in [2.05, 4.69) is 36.0 Å². The molecule has 0 N–H and O–H groups in total. The van der Waals surface area contributed by atoms with E-state index in [1.165, 1.54) is 0 Å². The van der Waals surface area contributed by atoms with Crippen molar-refractivity contribution in [3.63, 3.8) is 0 Å². The minimum atomic E-state index is 0.172. The number of hydrogen-bond donors (Lipinski definition) is 0. The quantitative estimate of drug-likeness (QED) is 0.678. The third kappa shape index (κ3) is 5.56. The van der Waals surface area contributed by atoms with E-state index in [-0.39, 0.29) is 11.9 Å². The molecule has 1 amide bonds. The van der Waals surface area contributed by atoms with Crippen LogP contribution in [0, 0.1) is 5.92 Å². The summed E-state index contributed by atoms with van der Waals surface area (Å²) in [6.07, 6.45) is 2.30. The van der Waals surface area contributed by atoms with Crippen LogP contribution in [0.4, 0.5) is 0 Å². The molecule has 1 saturated heterocycles. The van der Waals surface area contributed by atoms with Crippen LogP contribution in [0.2, 0.25) is 0 Å². The molecule has 1 aromatic heterocycles. The lowest BCUT2D eigenvalue weighted by Gasteiger charge is -2.42. The Morgan fingerprint density at radius 3 is 2.62 bits per heavy atom. The summed E-state index contributed by atoms with van der Waals surface area (Å²) in [5, 5.41) is 8.27. The SMILES string of the molecule is COc1ccccc1CCc1nnc(CCC(=O)N2CCN(C)C[C@@H]2C(C)C)o1. The van der Waals surface area contributed by atoms with Crippen molar-refractivity contribution in [1.29, 1.82) is 0 Å². The van der Waals surface area contributed by atoms with Crippen LogP contribution in [0.1, 0.15) is 37.6 Å². The Balaban J connectivity index is 1.51. The summed E-state index contributed by atoms with van der Waals surface area (Å²) in [6.45, 7) is 6.98. The van der Waals surface area contributed by atoms with Gasteiger partial charge in [-0.15, -0.1) is 10.2 Å².